The molecular weight excluding hydrogens is 346 g/mol. The van der Waals surface area contributed by atoms with Gasteiger partial charge in [0.2, 0.25) is 0 Å². The molecular formula is C17H19N9O. The molecule has 10 nitrogen and oxygen atoms in total. The van der Waals surface area contributed by atoms with Crippen LogP contribution in [0.5, 0.6) is 0 Å². The Morgan fingerprint density at radius 2 is 2.00 bits per heavy atom. The molecule has 2 heterocycles. The molecule has 10 heteroatoms. The highest BCUT2D eigenvalue weighted by atomic mass is 16.1. The molecule has 0 aliphatic carbocycles. The van der Waals surface area contributed by atoms with Crippen LogP contribution >= 0.6 is 0 Å². The van der Waals surface area contributed by atoms with Crippen LogP contribution in [-0.2, 0) is 7.05 Å². The predicted octanol–water partition coefficient (Wildman–Crippen LogP) is 2.53. The standard InChI is InChI=1S/C17H19N9O/c1-11-13(17(27)26(25(11)2)12-7-4-3-5-8-12)21-22-14-15(19)23-24-16(14)20-10-6-9-18/h3-5,7-8H,6,10H2,1-2H3,(H4,19,20,23,24). The van der Waals surface area contributed by atoms with Crippen molar-refractivity contribution in [2.75, 3.05) is 17.6 Å². The van der Waals surface area contributed by atoms with E-state index in [-0.39, 0.29) is 17.1 Å². The first-order valence-electron chi connectivity index (χ1n) is 8.25. The average Bonchev–Trinajstić information content (AvgIpc) is 3.12. The van der Waals surface area contributed by atoms with E-state index in [1.54, 1.807) is 18.7 Å². The fourth-order valence-corrected chi connectivity index (χ4v) is 2.58. The molecule has 2 aromatic heterocycles. The van der Waals surface area contributed by atoms with Crippen LogP contribution in [0.25, 0.3) is 5.69 Å². The normalized spacial score (nSPS) is 11.0. The molecule has 0 unspecified atom stereocenters. The second-order valence-electron chi connectivity index (χ2n) is 5.78. The van der Waals surface area contributed by atoms with Crippen LogP contribution in [0, 0.1) is 18.3 Å². The zero-order valence-electron chi connectivity index (χ0n) is 15.0. The molecule has 0 spiro atoms. The summed E-state index contributed by atoms with van der Waals surface area (Å²) in [7, 11) is 1.78. The number of aromatic amines is 1. The number of azo groups is 1. The second-order valence-corrected chi connectivity index (χ2v) is 5.78. The van der Waals surface area contributed by atoms with E-state index in [0.717, 1.165) is 5.69 Å². The molecule has 0 fully saturated rings. The van der Waals surface area contributed by atoms with Gasteiger partial charge in [-0.05, 0) is 19.1 Å². The van der Waals surface area contributed by atoms with Crippen LogP contribution in [0.2, 0.25) is 0 Å². The quantitative estimate of drug-likeness (QED) is 0.454. The number of benzene rings is 1. The summed E-state index contributed by atoms with van der Waals surface area (Å²) in [6.45, 7) is 2.19. The summed E-state index contributed by atoms with van der Waals surface area (Å²) in [5.41, 5.74) is 7.46. The van der Waals surface area contributed by atoms with Crippen LogP contribution in [0.3, 0.4) is 0 Å². The second kappa shape index (κ2) is 7.57. The Morgan fingerprint density at radius 1 is 1.30 bits per heavy atom. The van der Waals surface area contributed by atoms with Gasteiger partial charge in [-0.25, -0.2) is 4.68 Å². The van der Waals surface area contributed by atoms with E-state index in [2.05, 4.69) is 25.7 Å². The first-order chi connectivity index (χ1) is 13.0. The molecule has 27 heavy (non-hydrogen) atoms. The Hall–Kier alpha value is -3.87. The lowest BCUT2D eigenvalue weighted by molar-refractivity contribution is 0.630. The van der Waals surface area contributed by atoms with Crippen LogP contribution < -0.4 is 16.6 Å². The Morgan fingerprint density at radius 3 is 2.70 bits per heavy atom. The third-order valence-corrected chi connectivity index (χ3v) is 4.07. The van der Waals surface area contributed by atoms with Gasteiger partial charge in [-0.2, -0.15) is 10.4 Å². The van der Waals surface area contributed by atoms with Crippen LogP contribution in [0.15, 0.2) is 45.4 Å². The SMILES string of the molecule is Cc1c(N=Nc2c(NCCC#N)n[nH]c2N)c(=O)n(-c2ccccc2)n1C. The van der Waals surface area contributed by atoms with E-state index in [0.29, 0.717) is 30.2 Å². The molecule has 0 aliphatic heterocycles. The fraction of sp³-hybridized carbons (Fsp3) is 0.235. The van der Waals surface area contributed by atoms with Crippen molar-refractivity contribution in [3.05, 3.63) is 46.4 Å². The Bertz CT molecular complexity index is 1070. The van der Waals surface area contributed by atoms with Crippen molar-refractivity contribution in [2.45, 2.75) is 13.3 Å². The van der Waals surface area contributed by atoms with E-state index in [1.165, 1.54) is 4.68 Å². The number of anilines is 2. The van der Waals surface area contributed by atoms with E-state index in [1.807, 2.05) is 36.4 Å². The zero-order chi connectivity index (χ0) is 19.4. The van der Waals surface area contributed by atoms with Crippen molar-refractivity contribution in [2.24, 2.45) is 17.3 Å². The fourth-order valence-electron chi connectivity index (χ4n) is 2.58. The van der Waals surface area contributed by atoms with Crippen LogP contribution in [0.4, 0.5) is 23.0 Å². The Labute approximate surface area is 154 Å². The number of aromatic nitrogens is 4. The number of nitrogens with two attached hydrogens (primary N) is 1. The van der Waals surface area contributed by atoms with Crippen molar-refractivity contribution in [3.63, 3.8) is 0 Å². The van der Waals surface area contributed by atoms with E-state index in [9.17, 15) is 4.79 Å². The molecule has 3 rings (SSSR count). The lowest BCUT2D eigenvalue weighted by Crippen LogP contribution is -2.19. The van der Waals surface area contributed by atoms with Crippen molar-refractivity contribution >= 4 is 23.0 Å². The van der Waals surface area contributed by atoms with Gasteiger partial charge in [0.05, 0.1) is 23.9 Å². The highest BCUT2D eigenvalue weighted by Gasteiger charge is 2.17. The monoisotopic (exact) mass is 365 g/mol. The molecule has 0 atom stereocenters. The maximum atomic E-state index is 12.8. The van der Waals surface area contributed by atoms with Crippen molar-refractivity contribution in [1.82, 2.24) is 19.6 Å². The predicted molar refractivity (Wildman–Crippen MR) is 102 cm³/mol. The molecule has 1 aromatic carbocycles. The number of para-hydroxylation sites is 1. The number of rotatable bonds is 6. The first-order valence-corrected chi connectivity index (χ1v) is 8.25. The molecule has 0 bridgehead atoms. The maximum absolute atomic E-state index is 12.8. The highest BCUT2D eigenvalue weighted by molar-refractivity contribution is 5.72. The van der Waals surface area contributed by atoms with Gasteiger partial charge in [0.15, 0.2) is 17.2 Å². The molecule has 138 valence electrons. The van der Waals surface area contributed by atoms with Gasteiger partial charge in [-0.1, -0.05) is 18.2 Å². The highest BCUT2D eigenvalue weighted by Crippen LogP contribution is 2.30. The molecule has 0 amide bonds. The summed E-state index contributed by atoms with van der Waals surface area (Å²) in [6, 6.07) is 11.3. The van der Waals surface area contributed by atoms with Gasteiger partial charge in [0.25, 0.3) is 5.56 Å². The van der Waals surface area contributed by atoms with Gasteiger partial charge in [-0.15, -0.1) is 10.2 Å². The van der Waals surface area contributed by atoms with E-state index < -0.39 is 0 Å². The summed E-state index contributed by atoms with van der Waals surface area (Å²) >= 11 is 0. The van der Waals surface area contributed by atoms with E-state index >= 15 is 0 Å². The van der Waals surface area contributed by atoms with Gasteiger partial charge in [0, 0.05) is 13.6 Å². The smallest absolute Gasteiger partial charge is 0.299 e. The minimum atomic E-state index is -0.286. The van der Waals surface area contributed by atoms with Gasteiger partial charge < -0.3 is 11.1 Å². The lowest BCUT2D eigenvalue weighted by atomic mass is 10.3. The summed E-state index contributed by atoms with van der Waals surface area (Å²) < 4.78 is 3.24. The lowest BCUT2D eigenvalue weighted by Gasteiger charge is -2.07. The zero-order valence-corrected chi connectivity index (χ0v) is 15.0. The number of nitrogen functional groups attached to an aromatic ring is 1. The number of nitrogens with one attached hydrogen (secondary N) is 2. The number of hydrogen-bond acceptors (Lipinski definition) is 7. The minimum Gasteiger partial charge on any atom is -0.382 e. The van der Waals surface area contributed by atoms with Gasteiger partial charge in [-0.3, -0.25) is 14.6 Å². The topological polar surface area (TPSA) is 142 Å². The number of nitriles is 1. The number of hydrogen-bond donors (Lipinski definition) is 3. The van der Waals surface area contributed by atoms with Crippen LogP contribution in [0.1, 0.15) is 12.1 Å². The maximum Gasteiger partial charge on any atom is 0.299 e. The molecule has 0 saturated heterocycles. The van der Waals surface area contributed by atoms with Gasteiger partial charge >= 0.3 is 0 Å². The summed E-state index contributed by atoms with van der Waals surface area (Å²) in [6.07, 6.45) is 0.308. The summed E-state index contributed by atoms with van der Waals surface area (Å²) in [4.78, 5) is 12.8. The van der Waals surface area contributed by atoms with Crippen LogP contribution in [-0.4, -0.2) is 26.1 Å². The summed E-state index contributed by atoms with van der Waals surface area (Å²) in [5, 5.41) is 26.4. The van der Waals surface area contributed by atoms with Gasteiger partial charge in [0.1, 0.15) is 5.82 Å². The van der Waals surface area contributed by atoms with Crippen molar-refractivity contribution in [1.29, 1.82) is 5.26 Å². The minimum absolute atomic E-state index is 0.213. The Balaban J connectivity index is 1.97. The first kappa shape index (κ1) is 17.9. The number of nitrogens with zero attached hydrogens (tertiary/aromatic N) is 6. The Kier molecular flexibility index (Phi) is 5.03. The molecule has 0 radical (unpaired) electrons. The van der Waals surface area contributed by atoms with Crippen molar-refractivity contribution in [3.8, 4) is 11.8 Å². The summed E-state index contributed by atoms with van der Waals surface area (Å²) in [5.74, 6) is 0.596. The number of H-pyrrole nitrogens is 1. The third-order valence-electron chi connectivity index (χ3n) is 4.07. The van der Waals surface area contributed by atoms with E-state index in [4.69, 9.17) is 11.0 Å². The third kappa shape index (κ3) is 3.43. The molecule has 3 aromatic rings. The van der Waals surface area contributed by atoms with Crippen molar-refractivity contribution < 1.29 is 0 Å². The molecule has 0 aliphatic rings. The average molecular weight is 365 g/mol. The largest absolute Gasteiger partial charge is 0.382 e. The molecule has 4 N–H and O–H groups in total. The molecule has 0 saturated carbocycles.